The third kappa shape index (κ3) is 2.96. The van der Waals surface area contributed by atoms with Crippen LogP contribution in [-0.2, 0) is 10.9 Å². The number of ether oxygens (including phenoxy) is 1. The Labute approximate surface area is 116 Å². The van der Waals surface area contributed by atoms with Gasteiger partial charge in [0.2, 0.25) is 0 Å². The number of nitrogens with zero attached hydrogens (tertiary/aromatic N) is 2. The maximum Gasteiger partial charge on any atom is 0.434 e. The van der Waals surface area contributed by atoms with Crippen molar-refractivity contribution in [1.82, 2.24) is 9.97 Å². The van der Waals surface area contributed by atoms with E-state index < -0.39 is 23.4 Å². The lowest BCUT2D eigenvalue weighted by molar-refractivity contribution is -0.141. The Balaban J connectivity index is 2.52. The van der Waals surface area contributed by atoms with Gasteiger partial charge in [-0.3, -0.25) is 0 Å². The van der Waals surface area contributed by atoms with Crippen molar-refractivity contribution < 1.29 is 22.7 Å². The number of alkyl halides is 3. The lowest BCUT2D eigenvalue weighted by atomic mass is 10.2. The van der Waals surface area contributed by atoms with Crippen molar-refractivity contribution in [3.8, 4) is 10.7 Å². The van der Waals surface area contributed by atoms with Crippen molar-refractivity contribution in [2.45, 2.75) is 13.1 Å². The predicted octanol–water partition coefficient (Wildman–Crippen LogP) is 3.40. The number of carbonyl (C=O) groups is 1. The van der Waals surface area contributed by atoms with E-state index in [2.05, 4.69) is 14.7 Å². The van der Waals surface area contributed by atoms with Crippen LogP contribution in [0.4, 0.5) is 13.2 Å². The molecule has 0 fully saturated rings. The molecule has 2 aromatic rings. The van der Waals surface area contributed by atoms with Gasteiger partial charge in [0.25, 0.3) is 0 Å². The lowest BCUT2D eigenvalue weighted by Crippen LogP contribution is -2.18. The number of rotatable bonds is 3. The first-order valence-electron chi connectivity index (χ1n) is 5.58. The molecule has 8 heteroatoms. The third-order valence-corrected chi connectivity index (χ3v) is 3.16. The molecular formula is C12H9F3N2O2S. The second-order valence-corrected chi connectivity index (χ2v) is 4.60. The summed E-state index contributed by atoms with van der Waals surface area (Å²) in [5.74, 6) is -1.15. The summed E-state index contributed by atoms with van der Waals surface area (Å²) < 4.78 is 43.5. The van der Waals surface area contributed by atoms with Gasteiger partial charge in [0.15, 0.2) is 11.5 Å². The largest absolute Gasteiger partial charge is 0.462 e. The molecule has 0 saturated heterocycles. The zero-order chi connectivity index (χ0) is 14.8. The van der Waals surface area contributed by atoms with Crippen molar-refractivity contribution in [1.29, 1.82) is 0 Å². The number of halogens is 3. The van der Waals surface area contributed by atoms with Crippen LogP contribution < -0.4 is 0 Å². The van der Waals surface area contributed by atoms with Gasteiger partial charge in [-0.2, -0.15) is 13.2 Å². The maximum atomic E-state index is 13.0. The van der Waals surface area contributed by atoms with Crippen molar-refractivity contribution in [3.63, 3.8) is 0 Å². The van der Waals surface area contributed by atoms with Crippen LogP contribution in [0.2, 0.25) is 0 Å². The van der Waals surface area contributed by atoms with Crippen LogP contribution >= 0.6 is 11.3 Å². The molecule has 0 amide bonds. The number of carbonyl (C=O) groups excluding carboxylic acids is 1. The minimum absolute atomic E-state index is 0.0250. The van der Waals surface area contributed by atoms with Gasteiger partial charge in [0, 0.05) is 6.20 Å². The van der Waals surface area contributed by atoms with E-state index >= 15 is 0 Å². The van der Waals surface area contributed by atoms with Crippen LogP contribution in [0, 0.1) is 0 Å². The number of aromatic nitrogens is 2. The molecule has 4 nitrogen and oxygen atoms in total. The summed E-state index contributed by atoms with van der Waals surface area (Å²) in [7, 11) is 0. The van der Waals surface area contributed by atoms with Gasteiger partial charge < -0.3 is 4.74 Å². The van der Waals surface area contributed by atoms with Crippen molar-refractivity contribution in [2.24, 2.45) is 0 Å². The summed E-state index contributed by atoms with van der Waals surface area (Å²) in [6.07, 6.45) is -3.90. The summed E-state index contributed by atoms with van der Waals surface area (Å²) >= 11 is 1.21. The van der Waals surface area contributed by atoms with Crippen LogP contribution in [0.15, 0.2) is 23.7 Å². The van der Waals surface area contributed by atoms with E-state index in [0.717, 1.165) is 6.20 Å². The third-order valence-electron chi connectivity index (χ3n) is 2.29. The molecule has 2 rings (SSSR count). The maximum absolute atomic E-state index is 13.0. The van der Waals surface area contributed by atoms with Gasteiger partial charge >= 0.3 is 12.1 Å². The van der Waals surface area contributed by atoms with E-state index in [-0.39, 0.29) is 12.4 Å². The van der Waals surface area contributed by atoms with E-state index in [1.165, 1.54) is 18.3 Å². The molecule has 0 atom stereocenters. The summed E-state index contributed by atoms with van der Waals surface area (Å²) in [6, 6.07) is 3.28. The van der Waals surface area contributed by atoms with Gasteiger partial charge in [-0.05, 0) is 18.4 Å². The Hall–Kier alpha value is -1.96. The number of esters is 1. The Morgan fingerprint density at radius 3 is 2.75 bits per heavy atom. The Kier molecular flexibility index (Phi) is 4.03. The Morgan fingerprint density at radius 2 is 2.20 bits per heavy atom. The molecule has 0 aliphatic rings. The molecule has 2 aromatic heterocycles. The molecule has 20 heavy (non-hydrogen) atoms. The molecule has 0 aliphatic carbocycles. The van der Waals surface area contributed by atoms with Gasteiger partial charge in [-0.25, -0.2) is 14.8 Å². The average Bonchev–Trinajstić information content (AvgIpc) is 2.91. The summed E-state index contributed by atoms with van der Waals surface area (Å²) in [5.41, 5.74) is -1.96. The lowest BCUT2D eigenvalue weighted by Gasteiger charge is -2.11. The minimum Gasteiger partial charge on any atom is -0.462 e. The summed E-state index contributed by atoms with van der Waals surface area (Å²) in [6.45, 7) is 1.48. The Morgan fingerprint density at radius 1 is 1.45 bits per heavy atom. The van der Waals surface area contributed by atoms with Crippen molar-refractivity contribution in [3.05, 3.63) is 35.0 Å². The average molecular weight is 302 g/mol. The summed E-state index contributed by atoms with van der Waals surface area (Å²) in [5, 5.41) is 1.70. The fourth-order valence-corrected chi connectivity index (χ4v) is 2.15. The van der Waals surface area contributed by atoms with Crippen LogP contribution in [-0.4, -0.2) is 22.5 Å². The van der Waals surface area contributed by atoms with E-state index in [0.29, 0.717) is 4.88 Å². The fraction of sp³-hybridized carbons (Fsp3) is 0.250. The van der Waals surface area contributed by atoms with Gasteiger partial charge in [-0.1, -0.05) is 6.07 Å². The van der Waals surface area contributed by atoms with Gasteiger partial charge in [0.05, 0.1) is 11.5 Å². The number of hydrogen-bond acceptors (Lipinski definition) is 5. The highest BCUT2D eigenvalue weighted by Gasteiger charge is 2.38. The second kappa shape index (κ2) is 5.58. The zero-order valence-corrected chi connectivity index (χ0v) is 11.1. The summed E-state index contributed by atoms with van der Waals surface area (Å²) in [4.78, 5) is 19.3. The zero-order valence-electron chi connectivity index (χ0n) is 10.3. The molecule has 0 N–H and O–H groups in total. The van der Waals surface area contributed by atoms with E-state index in [1.807, 2.05) is 0 Å². The molecule has 0 spiro atoms. The van der Waals surface area contributed by atoms with Crippen molar-refractivity contribution in [2.75, 3.05) is 6.61 Å². The Bertz CT molecular complexity index is 612. The minimum atomic E-state index is -4.75. The number of thiophene rings is 1. The topological polar surface area (TPSA) is 52.1 Å². The van der Waals surface area contributed by atoms with Crippen LogP contribution in [0.25, 0.3) is 10.7 Å². The van der Waals surface area contributed by atoms with E-state index in [4.69, 9.17) is 0 Å². The first-order chi connectivity index (χ1) is 9.43. The predicted molar refractivity (Wildman–Crippen MR) is 66.3 cm³/mol. The van der Waals surface area contributed by atoms with Crippen LogP contribution in [0.5, 0.6) is 0 Å². The smallest absolute Gasteiger partial charge is 0.434 e. The highest BCUT2D eigenvalue weighted by molar-refractivity contribution is 7.13. The fourth-order valence-electron chi connectivity index (χ4n) is 1.48. The molecule has 0 aliphatic heterocycles. The number of hydrogen-bond donors (Lipinski definition) is 0. The SMILES string of the molecule is CCOC(=O)c1cnc(-c2cccs2)nc1C(F)(F)F. The molecule has 0 aromatic carbocycles. The van der Waals surface area contributed by atoms with Gasteiger partial charge in [0.1, 0.15) is 5.56 Å². The van der Waals surface area contributed by atoms with Crippen LogP contribution in [0.1, 0.15) is 23.0 Å². The normalized spacial score (nSPS) is 11.4. The molecule has 0 unspecified atom stereocenters. The highest BCUT2D eigenvalue weighted by Crippen LogP contribution is 2.32. The molecule has 2 heterocycles. The first-order valence-corrected chi connectivity index (χ1v) is 6.46. The molecular weight excluding hydrogens is 293 g/mol. The molecule has 0 saturated carbocycles. The highest BCUT2D eigenvalue weighted by atomic mass is 32.1. The molecule has 0 bridgehead atoms. The van der Waals surface area contributed by atoms with E-state index in [1.54, 1.807) is 17.5 Å². The van der Waals surface area contributed by atoms with Crippen molar-refractivity contribution >= 4 is 17.3 Å². The van der Waals surface area contributed by atoms with E-state index in [9.17, 15) is 18.0 Å². The first kappa shape index (κ1) is 14.4. The second-order valence-electron chi connectivity index (χ2n) is 3.65. The standard InChI is InChI=1S/C12H9F3N2O2S/c1-2-19-11(18)7-6-16-10(8-4-3-5-20-8)17-9(7)12(13,14)15/h3-6H,2H2,1H3. The molecule has 106 valence electrons. The van der Waals surface area contributed by atoms with Crippen LogP contribution in [0.3, 0.4) is 0 Å². The van der Waals surface area contributed by atoms with Gasteiger partial charge in [-0.15, -0.1) is 11.3 Å². The quantitative estimate of drug-likeness (QED) is 0.815. The molecule has 0 radical (unpaired) electrons. The monoisotopic (exact) mass is 302 g/mol.